The number of rotatable bonds is 9. The first-order valence-corrected chi connectivity index (χ1v) is 6.42. The molecule has 0 aromatic carbocycles. The highest BCUT2D eigenvalue weighted by atomic mass is 16.6. The van der Waals surface area contributed by atoms with Crippen LogP contribution >= 0.6 is 0 Å². The number of hydrogen-bond acceptors (Lipinski definition) is 5. The first-order chi connectivity index (χ1) is 8.58. The summed E-state index contributed by atoms with van der Waals surface area (Å²) < 4.78 is 15.0. The fraction of sp³-hybridized carbons (Fsp3) is 0.846. The van der Waals surface area contributed by atoms with Gasteiger partial charge in [0, 0.05) is 7.11 Å². The second kappa shape index (κ2) is 8.91. The van der Waals surface area contributed by atoms with E-state index in [4.69, 9.17) is 14.2 Å². The number of carbonyl (C=O) groups excluding carboxylic acids is 2. The van der Waals surface area contributed by atoms with Crippen LogP contribution in [0, 0.1) is 5.41 Å². The van der Waals surface area contributed by atoms with Gasteiger partial charge in [0.05, 0.1) is 13.2 Å². The molecule has 0 aliphatic rings. The Morgan fingerprint density at radius 2 is 1.39 bits per heavy atom. The molecule has 0 fully saturated rings. The van der Waals surface area contributed by atoms with Gasteiger partial charge >= 0.3 is 11.9 Å². The normalized spacial score (nSPS) is 11.1. The summed E-state index contributed by atoms with van der Waals surface area (Å²) >= 11 is 0. The van der Waals surface area contributed by atoms with Gasteiger partial charge in [-0.3, -0.25) is 9.59 Å². The average molecular weight is 260 g/mol. The molecule has 0 aromatic rings. The van der Waals surface area contributed by atoms with Gasteiger partial charge < -0.3 is 14.2 Å². The highest BCUT2D eigenvalue weighted by Gasteiger charge is 2.45. The zero-order valence-corrected chi connectivity index (χ0v) is 11.8. The largest absolute Gasteiger partial charge is 0.465 e. The molecule has 0 aliphatic carbocycles. The highest BCUT2D eigenvalue weighted by molar-refractivity contribution is 5.99. The van der Waals surface area contributed by atoms with E-state index in [-0.39, 0.29) is 6.61 Å². The average Bonchev–Trinajstić information content (AvgIpc) is 2.38. The summed E-state index contributed by atoms with van der Waals surface area (Å²) in [7, 11) is 1.52. The molecule has 106 valence electrons. The quantitative estimate of drug-likeness (QED) is 0.360. The summed E-state index contributed by atoms with van der Waals surface area (Å²) in [4.78, 5) is 24.0. The van der Waals surface area contributed by atoms with Crippen molar-refractivity contribution in [3.8, 4) is 0 Å². The first-order valence-electron chi connectivity index (χ1n) is 6.42. The summed E-state index contributed by atoms with van der Waals surface area (Å²) in [5.41, 5.74) is -1.18. The van der Waals surface area contributed by atoms with Crippen molar-refractivity contribution in [1.82, 2.24) is 0 Å². The van der Waals surface area contributed by atoms with E-state index in [1.54, 1.807) is 13.8 Å². The lowest BCUT2D eigenvalue weighted by Crippen LogP contribution is -2.41. The third-order valence-electron chi connectivity index (χ3n) is 2.95. The van der Waals surface area contributed by atoms with Crippen molar-refractivity contribution in [1.29, 1.82) is 0 Å². The van der Waals surface area contributed by atoms with Crippen LogP contribution in [0.3, 0.4) is 0 Å². The number of hydrogen-bond donors (Lipinski definition) is 0. The lowest BCUT2D eigenvalue weighted by Gasteiger charge is -2.26. The summed E-state index contributed by atoms with van der Waals surface area (Å²) in [5.74, 6) is -1.01. The monoisotopic (exact) mass is 260 g/mol. The fourth-order valence-corrected chi connectivity index (χ4v) is 1.60. The van der Waals surface area contributed by atoms with Crippen LogP contribution in [0.5, 0.6) is 0 Å². The van der Waals surface area contributed by atoms with Crippen molar-refractivity contribution < 1.29 is 23.8 Å². The van der Waals surface area contributed by atoms with Gasteiger partial charge in [0.25, 0.3) is 0 Å². The zero-order chi connectivity index (χ0) is 14.0. The molecular formula is C13H24O5. The van der Waals surface area contributed by atoms with Crippen molar-refractivity contribution in [2.75, 3.05) is 26.9 Å². The number of carbonyl (C=O) groups is 2. The van der Waals surface area contributed by atoms with Crippen LogP contribution in [0.1, 0.15) is 40.0 Å². The summed E-state index contributed by atoms with van der Waals surface area (Å²) in [6, 6.07) is 0. The van der Waals surface area contributed by atoms with Crippen molar-refractivity contribution in [2.24, 2.45) is 5.41 Å². The Morgan fingerprint density at radius 3 is 1.78 bits per heavy atom. The van der Waals surface area contributed by atoms with Crippen LogP contribution in [0.15, 0.2) is 0 Å². The predicted octanol–water partition coefficient (Wildman–Crippen LogP) is 1.94. The van der Waals surface area contributed by atoms with E-state index in [0.717, 1.165) is 6.42 Å². The van der Waals surface area contributed by atoms with Crippen molar-refractivity contribution >= 4 is 11.9 Å². The molecule has 0 N–H and O–H groups in total. The van der Waals surface area contributed by atoms with Gasteiger partial charge in [0.1, 0.15) is 6.61 Å². The van der Waals surface area contributed by atoms with E-state index >= 15 is 0 Å². The Labute approximate surface area is 109 Å². The molecular weight excluding hydrogens is 236 g/mol. The Kier molecular flexibility index (Phi) is 8.37. The minimum absolute atomic E-state index is 0.151. The van der Waals surface area contributed by atoms with Crippen LogP contribution in [0.25, 0.3) is 0 Å². The van der Waals surface area contributed by atoms with E-state index in [1.807, 2.05) is 6.92 Å². The summed E-state index contributed by atoms with van der Waals surface area (Å²) in [5, 5.41) is 0. The predicted molar refractivity (Wildman–Crippen MR) is 67.1 cm³/mol. The van der Waals surface area contributed by atoms with E-state index in [2.05, 4.69) is 0 Å². The fourth-order valence-electron chi connectivity index (χ4n) is 1.60. The molecule has 18 heavy (non-hydrogen) atoms. The molecule has 0 saturated heterocycles. The van der Waals surface area contributed by atoms with Gasteiger partial charge in [-0.05, 0) is 19.3 Å². The molecule has 0 rings (SSSR count). The molecule has 0 spiro atoms. The Morgan fingerprint density at radius 1 is 0.889 bits per heavy atom. The molecule has 0 atom stereocenters. The molecule has 0 aromatic heterocycles. The van der Waals surface area contributed by atoms with Crippen molar-refractivity contribution in [3.05, 3.63) is 0 Å². The summed E-state index contributed by atoms with van der Waals surface area (Å²) in [6.07, 6.45) is 1.48. The Balaban J connectivity index is 4.67. The molecule has 0 bridgehead atoms. The zero-order valence-electron chi connectivity index (χ0n) is 11.8. The number of methoxy groups -OCH3 is 1. The summed E-state index contributed by atoms with van der Waals surface area (Å²) in [6.45, 7) is 6.27. The maximum Gasteiger partial charge on any atom is 0.323 e. The molecule has 0 aliphatic heterocycles. The van der Waals surface area contributed by atoms with Gasteiger partial charge in [0.15, 0.2) is 5.41 Å². The lowest BCUT2D eigenvalue weighted by atomic mass is 9.82. The second-order valence-corrected chi connectivity index (χ2v) is 4.05. The van der Waals surface area contributed by atoms with E-state index < -0.39 is 17.4 Å². The Bertz CT molecular complexity index is 258. The molecule has 0 amide bonds. The smallest absolute Gasteiger partial charge is 0.323 e. The number of esters is 2. The standard InChI is InChI=1S/C13H24O5/c1-5-8-17-11(14)13(6-2,7-3)12(15)18-10-9-16-4/h5-10H2,1-4H3. The van der Waals surface area contributed by atoms with E-state index in [0.29, 0.717) is 26.1 Å². The first kappa shape index (κ1) is 16.9. The maximum atomic E-state index is 12.0. The van der Waals surface area contributed by atoms with E-state index in [9.17, 15) is 9.59 Å². The molecule has 5 heteroatoms. The highest BCUT2D eigenvalue weighted by Crippen LogP contribution is 2.30. The van der Waals surface area contributed by atoms with Gasteiger partial charge in [-0.1, -0.05) is 20.8 Å². The molecule has 0 heterocycles. The number of ether oxygens (including phenoxy) is 3. The van der Waals surface area contributed by atoms with Gasteiger partial charge in [-0.25, -0.2) is 0 Å². The molecule has 0 saturated carbocycles. The Hall–Kier alpha value is -1.10. The SMILES string of the molecule is CCCOC(=O)C(CC)(CC)C(=O)OCCOC. The third-order valence-corrected chi connectivity index (χ3v) is 2.95. The minimum atomic E-state index is -1.18. The molecule has 0 unspecified atom stereocenters. The maximum absolute atomic E-state index is 12.0. The second-order valence-electron chi connectivity index (χ2n) is 4.05. The minimum Gasteiger partial charge on any atom is -0.465 e. The topological polar surface area (TPSA) is 61.8 Å². The van der Waals surface area contributed by atoms with Crippen LogP contribution in [-0.4, -0.2) is 38.9 Å². The third kappa shape index (κ3) is 4.29. The van der Waals surface area contributed by atoms with Gasteiger partial charge in [0.2, 0.25) is 0 Å². The van der Waals surface area contributed by atoms with Crippen LogP contribution in [0.4, 0.5) is 0 Å². The molecule has 0 radical (unpaired) electrons. The van der Waals surface area contributed by atoms with Crippen LogP contribution in [-0.2, 0) is 23.8 Å². The molecule has 5 nitrogen and oxygen atoms in total. The van der Waals surface area contributed by atoms with Gasteiger partial charge in [-0.15, -0.1) is 0 Å². The lowest BCUT2D eigenvalue weighted by molar-refractivity contribution is -0.174. The van der Waals surface area contributed by atoms with Crippen molar-refractivity contribution in [3.63, 3.8) is 0 Å². The van der Waals surface area contributed by atoms with Crippen molar-refractivity contribution in [2.45, 2.75) is 40.0 Å². The van der Waals surface area contributed by atoms with Crippen LogP contribution < -0.4 is 0 Å². The van der Waals surface area contributed by atoms with Gasteiger partial charge in [-0.2, -0.15) is 0 Å². The van der Waals surface area contributed by atoms with Crippen LogP contribution in [0.2, 0.25) is 0 Å². The van der Waals surface area contributed by atoms with E-state index in [1.165, 1.54) is 7.11 Å².